The van der Waals surface area contributed by atoms with Gasteiger partial charge in [-0.15, -0.1) is 0 Å². The molecule has 0 unspecified atom stereocenters. The summed E-state index contributed by atoms with van der Waals surface area (Å²) in [5.74, 6) is -0.535. The Morgan fingerprint density at radius 3 is 2.46 bits per heavy atom. The standard InChI is InChI=1S/C23H32N/c1-17-11-12-20(23(2,3)4)16-21(17)22-15-19(13-14-24(22)5)18-9-7-6-8-10-18/h11-16,18H,6-10H2,1-5H3/q+1/i14D,18D. The fraction of sp³-hybridized carbons (Fsp3) is 0.522. The molecule has 0 N–H and O–H groups in total. The molecular formula is C23H32N+. The van der Waals surface area contributed by atoms with E-state index in [9.17, 15) is 0 Å². The maximum atomic E-state index is 8.99. The number of benzene rings is 1. The summed E-state index contributed by atoms with van der Waals surface area (Å²) in [5, 5.41) is 0. The Kier molecular flexibility index (Phi) is 4.10. The molecule has 0 atom stereocenters. The summed E-state index contributed by atoms with van der Waals surface area (Å²) in [4.78, 5) is 0. The van der Waals surface area contributed by atoms with Crippen molar-refractivity contribution >= 4 is 0 Å². The minimum Gasteiger partial charge on any atom is -0.201 e. The minimum absolute atomic E-state index is 0.0858. The fourth-order valence-corrected chi connectivity index (χ4v) is 3.62. The molecule has 1 heterocycles. The van der Waals surface area contributed by atoms with E-state index in [0.717, 1.165) is 36.9 Å². The lowest BCUT2D eigenvalue weighted by molar-refractivity contribution is -0.660. The van der Waals surface area contributed by atoms with Crippen molar-refractivity contribution < 1.29 is 7.31 Å². The van der Waals surface area contributed by atoms with Crippen LogP contribution in [0.5, 0.6) is 0 Å². The third-order valence-corrected chi connectivity index (χ3v) is 5.31. The molecule has 3 rings (SSSR count). The van der Waals surface area contributed by atoms with Gasteiger partial charge in [0.05, 0.1) is 0 Å². The highest BCUT2D eigenvalue weighted by atomic mass is 14.9. The van der Waals surface area contributed by atoms with E-state index in [1.807, 2.05) is 17.7 Å². The zero-order valence-electron chi connectivity index (χ0n) is 17.9. The number of pyridine rings is 1. The Balaban J connectivity index is 2.17. The lowest BCUT2D eigenvalue weighted by atomic mass is 9.83. The first-order chi connectivity index (χ1) is 12.1. The van der Waals surface area contributed by atoms with E-state index in [1.54, 1.807) is 0 Å². The Morgan fingerprint density at radius 2 is 1.79 bits per heavy atom. The first-order valence-electron chi connectivity index (χ1n) is 10.2. The molecule has 1 heteroatoms. The first-order valence-corrected chi connectivity index (χ1v) is 9.24. The summed E-state index contributed by atoms with van der Waals surface area (Å²) >= 11 is 0. The van der Waals surface area contributed by atoms with Gasteiger partial charge >= 0.3 is 0 Å². The van der Waals surface area contributed by atoms with E-state index < -0.39 is 5.89 Å². The number of aromatic nitrogens is 1. The first kappa shape index (κ1) is 14.7. The van der Waals surface area contributed by atoms with Crippen LogP contribution in [-0.2, 0) is 12.5 Å². The molecule has 1 aromatic heterocycles. The number of nitrogens with zero attached hydrogens (tertiary/aromatic N) is 1. The summed E-state index contributed by atoms with van der Waals surface area (Å²) in [6, 6.07) is 10.7. The predicted octanol–water partition coefficient (Wildman–Crippen LogP) is 5.83. The molecule has 0 bridgehead atoms. The van der Waals surface area contributed by atoms with Gasteiger partial charge in [-0.2, -0.15) is 0 Å². The van der Waals surface area contributed by atoms with Crippen LogP contribution in [0.1, 0.15) is 78.2 Å². The third kappa shape index (κ3) is 3.55. The van der Waals surface area contributed by atoms with Gasteiger partial charge in [-0.1, -0.05) is 52.2 Å². The van der Waals surface area contributed by atoms with Crippen LogP contribution in [0.3, 0.4) is 0 Å². The van der Waals surface area contributed by atoms with Crippen molar-refractivity contribution in [2.45, 2.75) is 71.1 Å². The molecule has 1 aliphatic rings. The van der Waals surface area contributed by atoms with Crippen molar-refractivity contribution in [1.82, 2.24) is 0 Å². The van der Waals surface area contributed by atoms with Crippen molar-refractivity contribution in [2.24, 2.45) is 7.05 Å². The monoisotopic (exact) mass is 324 g/mol. The van der Waals surface area contributed by atoms with Crippen molar-refractivity contribution in [1.29, 1.82) is 0 Å². The van der Waals surface area contributed by atoms with Gasteiger partial charge in [-0.3, -0.25) is 0 Å². The normalized spacial score (nSPS) is 18.9. The van der Waals surface area contributed by atoms with Gasteiger partial charge in [0.2, 0.25) is 5.69 Å². The van der Waals surface area contributed by atoms with Gasteiger partial charge < -0.3 is 0 Å². The molecule has 1 nitrogen and oxygen atoms in total. The lowest BCUT2D eigenvalue weighted by Gasteiger charge is -2.22. The average Bonchev–Trinajstić information content (AvgIpc) is 2.57. The van der Waals surface area contributed by atoms with Crippen LogP contribution in [0, 0.1) is 6.92 Å². The quantitative estimate of drug-likeness (QED) is 0.612. The van der Waals surface area contributed by atoms with Crippen molar-refractivity contribution in [3.05, 3.63) is 53.2 Å². The number of hydrogen-bond acceptors (Lipinski definition) is 0. The number of aryl methyl sites for hydroxylation is 1. The molecule has 24 heavy (non-hydrogen) atoms. The van der Waals surface area contributed by atoms with E-state index in [0.29, 0.717) is 6.17 Å². The summed E-state index contributed by atoms with van der Waals surface area (Å²) in [7, 11) is 1.96. The van der Waals surface area contributed by atoms with E-state index in [1.165, 1.54) is 23.1 Å². The summed E-state index contributed by atoms with van der Waals surface area (Å²) in [6.45, 7) is 8.83. The molecule has 0 radical (unpaired) electrons. The Bertz CT molecular complexity index is 812. The highest BCUT2D eigenvalue weighted by molar-refractivity contribution is 5.63. The average molecular weight is 325 g/mol. The number of hydrogen-bond donors (Lipinski definition) is 0. The molecule has 0 aliphatic heterocycles. The second-order valence-corrected chi connectivity index (χ2v) is 8.26. The van der Waals surface area contributed by atoms with Crippen LogP contribution in [0.4, 0.5) is 0 Å². The largest absolute Gasteiger partial charge is 0.212 e. The maximum absolute atomic E-state index is 8.99. The second kappa shape index (κ2) is 6.70. The molecule has 0 saturated heterocycles. The van der Waals surface area contributed by atoms with Crippen LogP contribution in [0.15, 0.2) is 36.5 Å². The molecule has 0 spiro atoms. The van der Waals surface area contributed by atoms with E-state index >= 15 is 0 Å². The van der Waals surface area contributed by atoms with Crippen LogP contribution in [0.25, 0.3) is 11.3 Å². The van der Waals surface area contributed by atoms with Crippen molar-refractivity contribution in [3.8, 4) is 11.3 Å². The molecule has 1 aliphatic carbocycles. The molecule has 1 aromatic carbocycles. The number of rotatable bonds is 2. The smallest absolute Gasteiger partial charge is 0.201 e. The van der Waals surface area contributed by atoms with Gasteiger partial charge in [0, 0.05) is 19.1 Å². The van der Waals surface area contributed by atoms with E-state index in [4.69, 9.17) is 2.74 Å². The van der Waals surface area contributed by atoms with Crippen LogP contribution in [0.2, 0.25) is 0 Å². The predicted molar refractivity (Wildman–Crippen MR) is 102 cm³/mol. The van der Waals surface area contributed by atoms with Gasteiger partial charge in [-0.05, 0) is 53.8 Å². The van der Waals surface area contributed by atoms with Crippen molar-refractivity contribution in [2.75, 3.05) is 0 Å². The molecule has 0 amide bonds. The second-order valence-electron chi connectivity index (χ2n) is 8.26. The van der Waals surface area contributed by atoms with Gasteiger partial charge in [0.15, 0.2) is 6.17 Å². The van der Waals surface area contributed by atoms with Gasteiger partial charge in [0.1, 0.15) is 8.42 Å². The summed E-state index contributed by atoms with van der Waals surface area (Å²) < 4.78 is 19.4. The highest BCUT2D eigenvalue weighted by Crippen LogP contribution is 2.34. The Hall–Kier alpha value is -1.63. The maximum Gasteiger partial charge on any atom is 0.212 e. The topological polar surface area (TPSA) is 3.88 Å². The summed E-state index contributed by atoms with van der Waals surface area (Å²) in [5.41, 5.74) is 5.84. The fourth-order valence-electron chi connectivity index (χ4n) is 3.62. The highest BCUT2D eigenvalue weighted by Gasteiger charge is 2.22. The van der Waals surface area contributed by atoms with Crippen LogP contribution < -0.4 is 4.57 Å². The SMILES string of the molecule is [2H]c1cc(C2([2H])CCCCC2)cc(-c2cc(C(C)(C)C)ccc2C)[n+]1C. The van der Waals surface area contributed by atoms with Crippen molar-refractivity contribution in [3.63, 3.8) is 0 Å². The molecule has 1 saturated carbocycles. The molecule has 1 fully saturated rings. The minimum atomic E-state index is -0.535. The molecule has 2 aromatic rings. The van der Waals surface area contributed by atoms with Gasteiger partial charge in [-0.25, -0.2) is 4.57 Å². The molecular weight excluding hydrogens is 290 g/mol. The molecule has 128 valence electrons. The van der Waals surface area contributed by atoms with E-state index in [2.05, 4.69) is 52.0 Å². The Morgan fingerprint density at radius 1 is 1.08 bits per heavy atom. The van der Waals surface area contributed by atoms with E-state index in [-0.39, 0.29) is 5.41 Å². The zero-order chi connectivity index (χ0) is 19.1. The zero-order valence-corrected chi connectivity index (χ0v) is 15.9. The third-order valence-electron chi connectivity index (χ3n) is 5.31. The van der Waals surface area contributed by atoms with Crippen LogP contribution >= 0.6 is 0 Å². The van der Waals surface area contributed by atoms with Crippen LogP contribution in [-0.4, -0.2) is 0 Å². The summed E-state index contributed by atoms with van der Waals surface area (Å²) in [6.07, 6.45) is 5.75. The van der Waals surface area contributed by atoms with Gasteiger partial charge in [0.25, 0.3) is 0 Å². The Labute approximate surface area is 150 Å². The lowest BCUT2D eigenvalue weighted by Crippen LogP contribution is -2.31.